The summed E-state index contributed by atoms with van der Waals surface area (Å²) < 4.78 is 0. The maximum Gasteiger partial charge on any atom is 0.0313 e. The first-order valence-corrected chi connectivity index (χ1v) is 3.03. The summed E-state index contributed by atoms with van der Waals surface area (Å²) in [5, 5.41) is 3.35. The maximum absolute atomic E-state index is 3.35. The Morgan fingerprint density at radius 3 is 2.38 bits per heavy atom. The van der Waals surface area contributed by atoms with Gasteiger partial charge in [-0.2, -0.15) is 0 Å². The Balaban J connectivity index is 2.67. The van der Waals surface area contributed by atoms with Gasteiger partial charge in [-0.3, -0.25) is 0 Å². The van der Waals surface area contributed by atoms with Gasteiger partial charge in [0.15, 0.2) is 0 Å². The van der Waals surface area contributed by atoms with Crippen LogP contribution in [0.25, 0.3) is 0 Å². The van der Waals surface area contributed by atoms with Crippen LogP contribution in [0, 0.1) is 0 Å². The molecule has 0 atom stereocenters. The highest BCUT2D eigenvalue weighted by molar-refractivity contribution is 5.17. The standard InChI is InChI=1S/C7H13N/c1-6-4-7(2,3)8-5-6/h4,8H,5H2,1-3H3. The van der Waals surface area contributed by atoms with Gasteiger partial charge in [0.25, 0.3) is 0 Å². The van der Waals surface area contributed by atoms with E-state index in [0.717, 1.165) is 6.54 Å². The van der Waals surface area contributed by atoms with Gasteiger partial charge in [0.1, 0.15) is 0 Å². The molecule has 0 aromatic heterocycles. The van der Waals surface area contributed by atoms with E-state index < -0.39 is 0 Å². The molecule has 0 fully saturated rings. The summed E-state index contributed by atoms with van der Waals surface area (Å²) in [6.45, 7) is 7.59. The van der Waals surface area contributed by atoms with Gasteiger partial charge in [0, 0.05) is 12.1 Å². The maximum atomic E-state index is 3.35. The Bertz CT molecular complexity index is 122. The van der Waals surface area contributed by atoms with Gasteiger partial charge >= 0.3 is 0 Å². The fraction of sp³-hybridized carbons (Fsp3) is 0.714. The van der Waals surface area contributed by atoms with E-state index in [1.807, 2.05) is 0 Å². The molecule has 0 saturated heterocycles. The monoisotopic (exact) mass is 111 g/mol. The molecule has 1 rings (SSSR count). The molecule has 0 radical (unpaired) electrons. The number of hydrogen-bond acceptors (Lipinski definition) is 1. The fourth-order valence-electron chi connectivity index (χ4n) is 1.09. The molecule has 1 N–H and O–H groups in total. The van der Waals surface area contributed by atoms with Crippen LogP contribution in [0.1, 0.15) is 20.8 Å². The summed E-state index contributed by atoms with van der Waals surface area (Å²) in [6.07, 6.45) is 2.27. The smallest absolute Gasteiger partial charge is 0.0313 e. The second kappa shape index (κ2) is 1.59. The Morgan fingerprint density at radius 1 is 1.62 bits per heavy atom. The zero-order valence-corrected chi connectivity index (χ0v) is 5.78. The van der Waals surface area contributed by atoms with E-state index >= 15 is 0 Å². The first-order chi connectivity index (χ1) is 3.60. The first-order valence-electron chi connectivity index (χ1n) is 3.03. The lowest BCUT2D eigenvalue weighted by Gasteiger charge is -2.14. The first kappa shape index (κ1) is 5.83. The normalized spacial score (nSPS) is 25.6. The van der Waals surface area contributed by atoms with Gasteiger partial charge < -0.3 is 5.32 Å². The van der Waals surface area contributed by atoms with Crippen molar-refractivity contribution in [2.45, 2.75) is 26.3 Å². The zero-order valence-electron chi connectivity index (χ0n) is 5.78. The van der Waals surface area contributed by atoms with E-state index in [-0.39, 0.29) is 5.54 Å². The molecule has 0 aromatic carbocycles. The molecule has 0 aromatic rings. The van der Waals surface area contributed by atoms with Crippen molar-refractivity contribution in [1.82, 2.24) is 5.32 Å². The predicted molar refractivity (Wildman–Crippen MR) is 35.8 cm³/mol. The zero-order chi connectivity index (χ0) is 6.20. The van der Waals surface area contributed by atoms with Crippen molar-refractivity contribution in [3.05, 3.63) is 11.6 Å². The van der Waals surface area contributed by atoms with Crippen molar-refractivity contribution in [3.8, 4) is 0 Å². The molecule has 1 heteroatoms. The second-order valence-electron chi connectivity index (χ2n) is 3.07. The quantitative estimate of drug-likeness (QED) is 0.465. The van der Waals surface area contributed by atoms with Crippen molar-refractivity contribution in [3.63, 3.8) is 0 Å². The molecule has 0 amide bonds. The van der Waals surface area contributed by atoms with Crippen molar-refractivity contribution in [1.29, 1.82) is 0 Å². The van der Waals surface area contributed by atoms with Crippen molar-refractivity contribution < 1.29 is 0 Å². The van der Waals surface area contributed by atoms with E-state index in [4.69, 9.17) is 0 Å². The lowest BCUT2D eigenvalue weighted by Crippen LogP contribution is -2.32. The second-order valence-corrected chi connectivity index (χ2v) is 3.07. The number of rotatable bonds is 0. The molecule has 0 aliphatic carbocycles. The molecule has 8 heavy (non-hydrogen) atoms. The van der Waals surface area contributed by atoms with Gasteiger partial charge in [0.05, 0.1) is 0 Å². The van der Waals surface area contributed by atoms with E-state index in [1.54, 1.807) is 0 Å². The third-order valence-corrected chi connectivity index (χ3v) is 1.43. The number of nitrogens with one attached hydrogen (secondary N) is 1. The Hall–Kier alpha value is -0.300. The minimum atomic E-state index is 0.254. The molecular formula is C7H13N. The summed E-state index contributed by atoms with van der Waals surface area (Å²) in [7, 11) is 0. The third-order valence-electron chi connectivity index (χ3n) is 1.43. The average Bonchev–Trinajstić information content (AvgIpc) is 1.82. The van der Waals surface area contributed by atoms with E-state index in [9.17, 15) is 0 Å². The molecule has 1 aliphatic heterocycles. The topological polar surface area (TPSA) is 12.0 Å². The van der Waals surface area contributed by atoms with Crippen LogP contribution in [-0.4, -0.2) is 12.1 Å². The summed E-state index contributed by atoms with van der Waals surface area (Å²) in [5.74, 6) is 0. The van der Waals surface area contributed by atoms with Gasteiger partial charge in [-0.15, -0.1) is 0 Å². The highest BCUT2D eigenvalue weighted by Crippen LogP contribution is 2.13. The summed E-state index contributed by atoms with van der Waals surface area (Å²) in [5.41, 5.74) is 1.71. The Labute approximate surface area is 50.8 Å². The molecule has 0 bridgehead atoms. The third kappa shape index (κ3) is 1.10. The lowest BCUT2D eigenvalue weighted by atomic mass is 10.1. The van der Waals surface area contributed by atoms with Gasteiger partial charge in [-0.05, 0) is 20.8 Å². The average molecular weight is 111 g/mol. The van der Waals surface area contributed by atoms with Gasteiger partial charge in [-0.25, -0.2) is 0 Å². The van der Waals surface area contributed by atoms with Crippen LogP contribution < -0.4 is 5.32 Å². The van der Waals surface area contributed by atoms with Crippen LogP contribution in [0.5, 0.6) is 0 Å². The largest absolute Gasteiger partial charge is 0.305 e. The molecule has 0 unspecified atom stereocenters. The lowest BCUT2D eigenvalue weighted by molar-refractivity contribution is 0.532. The number of hydrogen-bond donors (Lipinski definition) is 1. The minimum absolute atomic E-state index is 0.254. The molecule has 46 valence electrons. The summed E-state index contributed by atoms with van der Waals surface area (Å²) in [4.78, 5) is 0. The van der Waals surface area contributed by atoms with Crippen LogP contribution in [0.4, 0.5) is 0 Å². The Morgan fingerprint density at radius 2 is 2.25 bits per heavy atom. The molecule has 0 saturated carbocycles. The van der Waals surface area contributed by atoms with Crippen LogP contribution in [0.15, 0.2) is 11.6 Å². The van der Waals surface area contributed by atoms with Crippen molar-refractivity contribution in [2.24, 2.45) is 0 Å². The SMILES string of the molecule is CC1=CC(C)(C)NC1. The summed E-state index contributed by atoms with van der Waals surface area (Å²) >= 11 is 0. The van der Waals surface area contributed by atoms with E-state index in [1.165, 1.54) is 5.57 Å². The van der Waals surface area contributed by atoms with Gasteiger partial charge in [-0.1, -0.05) is 11.6 Å². The molecular weight excluding hydrogens is 98.1 g/mol. The van der Waals surface area contributed by atoms with Crippen molar-refractivity contribution >= 4 is 0 Å². The van der Waals surface area contributed by atoms with E-state index in [2.05, 4.69) is 32.2 Å². The molecule has 1 aliphatic rings. The van der Waals surface area contributed by atoms with Crippen LogP contribution in [0.2, 0.25) is 0 Å². The minimum Gasteiger partial charge on any atom is -0.305 e. The molecule has 0 spiro atoms. The molecule has 1 heterocycles. The summed E-state index contributed by atoms with van der Waals surface area (Å²) in [6, 6.07) is 0. The fourth-order valence-corrected chi connectivity index (χ4v) is 1.09. The van der Waals surface area contributed by atoms with Gasteiger partial charge in [0.2, 0.25) is 0 Å². The molecule has 1 nitrogen and oxygen atoms in total. The predicted octanol–water partition coefficient (Wildman–Crippen LogP) is 1.31. The van der Waals surface area contributed by atoms with Crippen molar-refractivity contribution in [2.75, 3.05) is 6.54 Å². The van der Waals surface area contributed by atoms with Crippen LogP contribution >= 0.6 is 0 Å². The van der Waals surface area contributed by atoms with Crippen LogP contribution in [0.3, 0.4) is 0 Å². The highest BCUT2D eigenvalue weighted by Gasteiger charge is 2.18. The van der Waals surface area contributed by atoms with Crippen LogP contribution in [-0.2, 0) is 0 Å². The highest BCUT2D eigenvalue weighted by atomic mass is 15.0. The Kier molecular flexibility index (Phi) is 1.16. The van der Waals surface area contributed by atoms with E-state index in [0.29, 0.717) is 0 Å².